The van der Waals surface area contributed by atoms with Gasteiger partial charge < -0.3 is 5.73 Å². The minimum absolute atomic E-state index is 0.908. The van der Waals surface area contributed by atoms with Gasteiger partial charge in [-0.25, -0.2) is 0 Å². The molecule has 0 saturated heterocycles. The third kappa shape index (κ3) is 5.97. The van der Waals surface area contributed by atoms with Crippen molar-refractivity contribution in [3.63, 3.8) is 0 Å². The number of allylic oxidation sites excluding steroid dienone is 1. The molecule has 42 valence electrons. The molecule has 1 atom stereocenters. The number of nitrogens with two attached hydrogens (primary N) is 1. The summed E-state index contributed by atoms with van der Waals surface area (Å²) in [4.78, 5) is 0. The number of hydrogen-bond acceptors (Lipinski definition) is 1. The molecule has 0 amide bonds. The molecule has 0 fully saturated rings. The molecule has 1 nitrogen and oxygen atoms in total. The monoisotopic (exact) mass is 117 g/mol. The maximum Gasteiger partial charge on any atom is 0.00511 e. The molecule has 0 rings (SSSR count). The average molecular weight is 117 g/mol. The standard InChI is InChI=1S/C5H12NP/c1-3-7-4-5(2)6/h4,7H,3,6H2,1-2H3/b5-4-. The Hall–Kier alpha value is -0.0300. The van der Waals surface area contributed by atoms with Gasteiger partial charge in [-0.2, -0.15) is 0 Å². The van der Waals surface area contributed by atoms with Gasteiger partial charge in [-0.1, -0.05) is 15.5 Å². The SMILES string of the molecule is CCP/C=C(/C)N. The summed E-state index contributed by atoms with van der Waals surface area (Å²) in [6, 6.07) is 0. The van der Waals surface area contributed by atoms with E-state index in [9.17, 15) is 0 Å². The Kier molecular flexibility index (Phi) is 4.12. The zero-order valence-electron chi connectivity index (χ0n) is 4.86. The normalized spacial score (nSPS) is 13.7. The Morgan fingerprint density at radius 3 is 2.57 bits per heavy atom. The van der Waals surface area contributed by atoms with Gasteiger partial charge in [0.15, 0.2) is 0 Å². The molecular weight excluding hydrogens is 105 g/mol. The lowest BCUT2D eigenvalue weighted by molar-refractivity contribution is 1.33. The quantitative estimate of drug-likeness (QED) is 0.545. The van der Waals surface area contributed by atoms with E-state index >= 15 is 0 Å². The molecule has 0 bridgehead atoms. The van der Waals surface area contributed by atoms with Crippen LogP contribution in [0.25, 0.3) is 0 Å². The molecule has 0 aromatic rings. The summed E-state index contributed by atoms with van der Waals surface area (Å²) in [5.74, 6) is 2.07. The molecule has 0 aromatic heterocycles. The second kappa shape index (κ2) is 4.14. The summed E-state index contributed by atoms with van der Waals surface area (Å²) in [5.41, 5.74) is 6.29. The predicted octanol–water partition coefficient (Wildman–Crippen LogP) is 1.50. The van der Waals surface area contributed by atoms with Crippen molar-refractivity contribution in [2.75, 3.05) is 6.16 Å². The van der Waals surface area contributed by atoms with E-state index in [0.29, 0.717) is 0 Å². The van der Waals surface area contributed by atoms with E-state index in [4.69, 9.17) is 5.73 Å². The van der Waals surface area contributed by atoms with Gasteiger partial charge in [-0.15, -0.1) is 0 Å². The van der Waals surface area contributed by atoms with E-state index in [0.717, 1.165) is 14.3 Å². The maximum atomic E-state index is 5.35. The summed E-state index contributed by atoms with van der Waals surface area (Å²) >= 11 is 0. The fourth-order valence-electron chi connectivity index (χ4n) is 0.263. The van der Waals surface area contributed by atoms with E-state index in [2.05, 4.69) is 12.7 Å². The molecule has 1 unspecified atom stereocenters. The number of hydrogen-bond donors (Lipinski definition) is 1. The molecule has 7 heavy (non-hydrogen) atoms. The molecule has 0 saturated carbocycles. The molecule has 2 heteroatoms. The van der Waals surface area contributed by atoms with Gasteiger partial charge in [0.25, 0.3) is 0 Å². The van der Waals surface area contributed by atoms with E-state index in [1.807, 2.05) is 6.92 Å². The molecule has 0 aromatic carbocycles. The van der Waals surface area contributed by atoms with Crippen molar-refractivity contribution in [2.45, 2.75) is 13.8 Å². The molecule has 2 N–H and O–H groups in total. The van der Waals surface area contributed by atoms with Gasteiger partial charge in [-0.05, 0) is 18.9 Å². The van der Waals surface area contributed by atoms with Gasteiger partial charge in [0.05, 0.1) is 0 Å². The third-order valence-corrected chi connectivity index (χ3v) is 1.60. The van der Waals surface area contributed by atoms with Gasteiger partial charge in [-0.3, -0.25) is 0 Å². The van der Waals surface area contributed by atoms with Crippen LogP contribution in [0.2, 0.25) is 0 Å². The molecule has 0 spiro atoms. The van der Waals surface area contributed by atoms with Crippen molar-refractivity contribution in [1.82, 2.24) is 0 Å². The zero-order valence-corrected chi connectivity index (χ0v) is 5.86. The van der Waals surface area contributed by atoms with Crippen molar-refractivity contribution in [2.24, 2.45) is 5.73 Å². The minimum atomic E-state index is 0.908. The largest absolute Gasteiger partial charge is 0.402 e. The summed E-state index contributed by atoms with van der Waals surface area (Å²) in [7, 11) is 0.908. The van der Waals surface area contributed by atoms with Gasteiger partial charge in [0, 0.05) is 5.70 Å². The second-order valence-corrected chi connectivity index (χ2v) is 2.85. The maximum absolute atomic E-state index is 5.35. The van der Waals surface area contributed by atoms with E-state index in [-0.39, 0.29) is 0 Å². The molecule has 0 aliphatic heterocycles. The Balaban J connectivity index is 3.08. The van der Waals surface area contributed by atoms with Crippen molar-refractivity contribution >= 4 is 8.58 Å². The Morgan fingerprint density at radius 2 is 2.43 bits per heavy atom. The summed E-state index contributed by atoms with van der Waals surface area (Å²) in [5, 5.41) is 0. The van der Waals surface area contributed by atoms with Crippen LogP contribution in [-0.4, -0.2) is 6.16 Å². The highest BCUT2D eigenvalue weighted by atomic mass is 31.1. The number of rotatable bonds is 2. The summed E-state index contributed by atoms with van der Waals surface area (Å²) < 4.78 is 0. The highest BCUT2D eigenvalue weighted by Crippen LogP contribution is 2.10. The van der Waals surface area contributed by atoms with Crippen LogP contribution in [-0.2, 0) is 0 Å². The van der Waals surface area contributed by atoms with Crippen LogP contribution in [0.1, 0.15) is 13.8 Å². The molecule has 0 radical (unpaired) electrons. The van der Waals surface area contributed by atoms with Crippen LogP contribution in [0, 0.1) is 0 Å². The average Bonchev–Trinajstić information content (AvgIpc) is 1.61. The fourth-order valence-corrected chi connectivity index (χ4v) is 0.789. The van der Waals surface area contributed by atoms with Crippen molar-refractivity contribution in [1.29, 1.82) is 0 Å². The van der Waals surface area contributed by atoms with Gasteiger partial charge in [0.2, 0.25) is 0 Å². The van der Waals surface area contributed by atoms with E-state index in [1.54, 1.807) is 0 Å². The van der Waals surface area contributed by atoms with Crippen molar-refractivity contribution in [3.8, 4) is 0 Å². The first kappa shape index (κ1) is 6.97. The van der Waals surface area contributed by atoms with E-state index < -0.39 is 0 Å². The third-order valence-electron chi connectivity index (χ3n) is 0.534. The van der Waals surface area contributed by atoms with Crippen molar-refractivity contribution < 1.29 is 0 Å². The fraction of sp³-hybridized carbons (Fsp3) is 0.600. The molecule has 0 aliphatic rings. The van der Waals surface area contributed by atoms with Crippen LogP contribution < -0.4 is 5.73 Å². The van der Waals surface area contributed by atoms with Crippen molar-refractivity contribution in [3.05, 3.63) is 11.5 Å². The first-order chi connectivity index (χ1) is 3.27. The highest BCUT2D eigenvalue weighted by molar-refractivity contribution is 7.41. The topological polar surface area (TPSA) is 26.0 Å². The molecule has 0 aliphatic carbocycles. The van der Waals surface area contributed by atoms with Crippen LogP contribution in [0.15, 0.2) is 11.5 Å². The Morgan fingerprint density at radius 1 is 1.86 bits per heavy atom. The minimum Gasteiger partial charge on any atom is -0.402 e. The second-order valence-electron chi connectivity index (χ2n) is 1.45. The van der Waals surface area contributed by atoms with Crippen LogP contribution in [0.3, 0.4) is 0 Å². The van der Waals surface area contributed by atoms with Crippen LogP contribution >= 0.6 is 8.58 Å². The van der Waals surface area contributed by atoms with E-state index in [1.165, 1.54) is 6.16 Å². The first-order valence-corrected chi connectivity index (χ1v) is 3.71. The van der Waals surface area contributed by atoms with Gasteiger partial charge in [0.1, 0.15) is 0 Å². The lowest BCUT2D eigenvalue weighted by Gasteiger charge is -1.86. The Bertz CT molecular complexity index is 64.5. The predicted molar refractivity (Wildman–Crippen MR) is 36.8 cm³/mol. The van der Waals surface area contributed by atoms with Crippen LogP contribution in [0.5, 0.6) is 0 Å². The molecular formula is C5H12NP. The highest BCUT2D eigenvalue weighted by Gasteiger charge is 1.72. The molecule has 0 heterocycles. The van der Waals surface area contributed by atoms with Crippen LogP contribution in [0.4, 0.5) is 0 Å². The Labute approximate surface area is 46.8 Å². The van der Waals surface area contributed by atoms with Gasteiger partial charge >= 0.3 is 0 Å². The lowest BCUT2D eigenvalue weighted by atomic mass is 10.6. The zero-order chi connectivity index (χ0) is 5.70. The summed E-state index contributed by atoms with van der Waals surface area (Å²) in [6.07, 6.45) is 1.22. The lowest BCUT2D eigenvalue weighted by Crippen LogP contribution is -1.86. The summed E-state index contributed by atoms with van der Waals surface area (Å²) in [6.45, 7) is 4.07. The smallest absolute Gasteiger partial charge is 0.00511 e. The first-order valence-electron chi connectivity index (χ1n) is 2.43.